The van der Waals surface area contributed by atoms with Gasteiger partial charge in [0.2, 0.25) is 0 Å². The van der Waals surface area contributed by atoms with Crippen molar-refractivity contribution in [3.05, 3.63) is 24.3 Å². The molecule has 0 saturated heterocycles. The lowest BCUT2D eigenvalue weighted by atomic mass is 10.3. The minimum atomic E-state index is -0.420. The van der Waals surface area contributed by atoms with Crippen LogP contribution in [0, 0.1) is 0 Å². The molecule has 0 aliphatic carbocycles. The molecule has 0 N–H and O–H groups in total. The molecule has 0 aromatic carbocycles. The Morgan fingerprint density at radius 2 is 1.71 bits per heavy atom. The number of hydrogen-bond acceptors (Lipinski definition) is 3. The maximum Gasteiger partial charge on any atom is 0.335 e. The normalized spacial score (nSPS) is 8.29. The van der Waals surface area contributed by atoms with E-state index in [9.17, 15) is 4.79 Å². The maximum atomic E-state index is 10.5. The summed E-state index contributed by atoms with van der Waals surface area (Å²) in [5.74, 6) is -0.420. The molecule has 3 nitrogen and oxygen atoms in total. The van der Waals surface area contributed by atoms with Crippen molar-refractivity contribution in [3.63, 3.8) is 0 Å². The van der Waals surface area contributed by atoms with E-state index in [1.54, 1.807) is 6.92 Å². The monoisotopic (exact) mass is 200 g/mol. The summed E-state index contributed by atoms with van der Waals surface area (Å²) in [6.07, 6.45) is 1.11. The van der Waals surface area contributed by atoms with E-state index in [1.165, 1.54) is 12.7 Å². The molecule has 0 aliphatic rings. The quantitative estimate of drug-likeness (QED) is 0.303. The van der Waals surface area contributed by atoms with E-state index < -0.39 is 5.97 Å². The fourth-order valence-corrected chi connectivity index (χ4v) is 0.236. The Kier molecular flexibility index (Phi) is 11.0. The highest BCUT2D eigenvalue weighted by Crippen LogP contribution is 1.90. The smallest absolute Gasteiger partial charge is 0.335 e. The van der Waals surface area contributed by atoms with Gasteiger partial charge in [-0.15, -0.1) is 6.58 Å². The van der Waals surface area contributed by atoms with Crippen LogP contribution in [0.15, 0.2) is 24.3 Å². The van der Waals surface area contributed by atoms with Crippen molar-refractivity contribution < 1.29 is 14.3 Å². The Morgan fingerprint density at radius 1 is 1.29 bits per heavy atom. The lowest BCUT2D eigenvalue weighted by Crippen LogP contribution is -2.06. The summed E-state index contributed by atoms with van der Waals surface area (Å²) in [7, 11) is 1.45. The van der Waals surface area contributed by atoms with Crippen molar-refractivity contribution in [1.82, 2.24) is 0 Å². The van der Waals surface area contributed by atoms with Gasteiger partial charge >= 0.3 is 5.97 Å². The zero-order valence-electron chi connectivity index (χ0n) is 9.55. The number of ether oxygens (including phenoxy) is 2. The lowest BCUT2D eigenvalue weighted by molar-refractivity contribution is -0.149. The first kappa shape index (κ1) is 15.4. The number of rotatable bonds is 4. The summed E-state index contributed by atoms with van der Waals surface area (Å²) in [5.41, 5.74) is 1.64. The molecule has 0 aromatic rings. The molecule has 0 spiro atoms. The van der Waals surface area contributed by atoms with Crippen molar-refractivity contribution >= 4 is 5.97 Å². The predicted molar refractivity (Wildman–Crippen MR) is 57.9 cm³/mol. The highest BCUT2D eigenvalue weighted by Gasteiger charge is 1.99. The van der Waals surface area contributed by atoms with Gasteiger partial charge in [-0.1, -0.05) is 19.1 Å². The van der Waals surface area contributed by atoms with E-state index in [0.29, 0.717) is 5.57 Å². The molecule has 0 amide bonds. The first-order chi connectivity index (χ1) is 6.45. The second-order valence-corrected chi connectivity index (χ2v) is 2.93. The summed E-state index contributed by atoms with van der Waals surface area (Å²) in [4.78, 5) is 10.5. The second-order valence-electron chi connectivity index (χ2n) is 2.93. The standard InChI is InChI=1S/C6H10O3.C5H10/c1-5(2)6(7)9-4-8-3;1-4-5(2)3/h1,4H2,2-3H3;2,4H2,1,3H3. The van der Waals surface area contributed by atoms with Gasteiger partial charge in [0.05, 0.1) is 0 Å². The largest absolute Gasteiger partial charge is 0.435 e. The molecule has 0 aromatic heterocycles. The highest BCUT2D eigenvalue weighted by atomic mass is 16.7. The molecule has 0 unspecified atom stereocenters. The van der Waals surface area contributed by atoms with Crippen LogP contribution in [0.4, 0.5) is 0 Å². The minimum absolute atomic E-state index is 0.00824. The average Bonchev–Trinajstić information content (AvgIpc) is 2.14. The topological polar surface area (TPSA) is 35.5 Å². The van der Waals surface area contributed by atoms with E-state index in [2.05, 4.69) is 29.6 Å². The van der Waals surface area contributed by atoms with Gasteiger partial charge in [0, 0.05) is 12.7 Å². The average molecular weight is 200 g/mol. The molecular weight excluding hydrogens is 180 g/mol. The van der Waals surface area contributed by atoms with Gasteiger partial charge in [0.25, 0.3) is 0 Å². The fourth-order valence-electron chi connectivity index (χ4n) is 0.236. The number of methoxy groups -OCH3 is 1. The Labute approximate surface area is 86.4 Å². The summed E-state index contributed by atoms with van der Waals surface area (Å²) in [6.45, 7) is 12.8. The summed E-state index contributed by atoms with van der Waals surface area (Å²) >= 11 is 0. The maximum absolute atomic E-state index is 10.5. The van der Waals surface area contributed by atoms with Crippen LogP contribution >= 0.6 is 0 Å². The minimum Gasteiger partial charge on any atom is -0.435 e. The number of carbonyl (C=O) groups is 1. The molecule has 0 fully saturated rings. The van der Waals surface area contributed by atoms with Gasteiger partial charge in [0.1, 0.15) is 0 Å². The first-order valence-corrected chi connectivity index (χ1v) is 4.41. The van der Waals surface area contributed by atoms with Crippen LogP contribution < -0.4 is 0 Å². The first-order valence-electron chi connectivity index (χ1n) is 4.41. The van der Waals surface area contributed by atoms with Crippen molar-refractivity contribution in [1.29, 1.82) is 0 Å². The van der Waals surface area contributed by atoms with Gasteiger partial charge < -0.3 is 9.47 Å². The summed E-state index contributed by atoms with van der Waals surface area (Å²) < 4.78 is 8.97. The fraction of sp³-hybridized carbons (Fsp3) is 0.545. The Morgan fingerprint density at radius 3 is 1.93 bits per heavy atom. The third-order valence-electron chi connectivity index (χ3n) is 1.26. The van der Waals surface area contributed by atoms with Gasteiger partial charge in [-0.25, -0.2) is 4.79 Å². The molecule has 0 rings (SSSR count). The molecule has 0 saturated carbocycles. The number of hydrogen-bond donors (Lipinski definition) is 0. The SMILES string of the molecule is C=C(C)C(=O)OCOC.C=C(C)CC. The van der Waals surface area contributed by atoms with E-state index in [-0.39, 0.29) is 6.79 Å². The molecule has 0 atom stereocenters. The van der Waals surface area contributed by atoms with Crippen LogP contribution in [0.25, 0.3) is 0 Å². The number of carbonyl (C=O) groups excluding carboxylic acids is 1. The van der Waals surface area contributed by atoms with E-state index in [4.69, 9.17) is 0 Å². The van der Waals surface area contributed by atoms with Crippen LogP contribution in [0.5, 0.6) is 0 Å². The molecule has 0 bridgehead atoms. The van der Waals surface area contributed by atoms with Crippen molar-refractivity contribution in [2.45, 2.75) is 27.2 Å². The van der Waals surface area contributed by atoms with Crippen molar-refractivity contribution in [2.24, 2.45) is 0 Å². The molecule has 0 radical (unpaired) electrons. The van der Waals surface area contributed by atoms with E-state index in [0.717, 1.165) is 6.42 Å². The number of esters is 1. The molecular formula is C11H20O3. The third-order valence-corrected chi connectivity index (χ3v) is 1.26. The second kappa shape index (κ2) is 9.99. The summed E-state index contributed by atoms with van der Waals surface area (Å²) in [5, 5.41) is 0. The zero-order valence-corrected chi connectivity index (χ0v) is 9.55. The zero-order chi connectivity index (χ0) is 11.6. The van der Waals surface area contributed by atoms with Gasteiger partial charge in [-0.3, -0.25) is 0 Å². The molecule has 14 heavy (non-hydrogen) atoms. The molecule has 0 heterocycles. The van der Waals surface area contributed by atoms with Crippen molar-refractivity contribution in [2.75, 3.05) is 13.9 Å². The van der Waals surface area contributed by atoms with E-state index in [1.807, 2.05) is 6.92 Å². The molecule has 0 aliphatic heterocycles. The Bertz CT molecular complexity index is 195. The highest BCUT2D eigenvalue weighted by molar-refractivity contribution is 5.86. The van der Waals surface area contributed by atoms with Crippen molar-refractivity contribution in [3.8, 4) is 0 Å². The summed E-state index contributed by atoms with van der Waals surface area (Å²) in [6, 6.07) is 0. The predicted octanol–water partition coefficient (Wildman–Crippen LogP) is 2.68. The lowest BCUT2D eigenvalue weighted by Gasteiger charge is -1.99. The molecule has 3 heteroatoms. The number of allylic oxidation sites excluding steroid dienone is 1. The van der Waals surface area contributed by atoms with E-state index >= 15 is 0 Å². The van der Waals surface area contributed by atoms with Crippen LogP contribution in [0.3, 0.4) is 0 Å². The Balaban J connectivity index is 0. The third kappa shape index (κ3) is 13.5. The Hall–Kier alpha value is -1.09. The van der Waals surface area contributed by atoms with Gasteiger partial charge in [0.15, 0.2) is 6.79 Å². The van der Waals surface area contributed by atoms with Gasteiger partial charge in [-0.2, -0.15) is 0 Å². The molecule has 82 valence electrons. The van der Waals surface area contributed by atoms with Crippen LogP contribution in [0.2, 0.25) is 0 Å². The van der Waals surface area contributed by atoms with Crippen LogP contribution in [0.1, 0.15) is 27.2 Å². The van der Waals surface area contributed by atoms with Gasteiger partial charge in [-0.05, 0) is 20.3 Å². The van der Waals surface area contributed by atoms with Crippen LogP contribution in [-0.4, -0.2) is 19.9 Å². The van der Waals surface area contributed by atoms with Crippen LogP contribution in [-0.2, 0) is 14.3 Å².